The molecule has 0 radical (unpaired) electrons. The fourth-order valence-electron chi connectivity index (χ4n) is 3.81. The van der Waals surface area contributed by atoms with Crippen LogP contribution in [0.3, 0.4) is 0 Å². The molecule has 39 heavy (non-hydrogen) atoms. The van der Waals surface area contributed by atoms with Crippen LogP contribution < -0.4 is 15.8 Å². The molecule has 0 saturated carbocycles. The first-order valence-electron chi connectivity index (χ1n) is 12.3. The number of nitrogens with one attached hydrogen (secondary N) is 2. The summed E-state index contributed by atoms with van der Waals surface area (Å²) >= 11 is 0. The largest absolute Gasteiger partial charge is 0.366 e. The average Bonchev–Trinajstić information content (AvgIpc) is 2.88. The van der Waals surface area contributed by atoms with Crippen molar-refractivity contribution < 1.29 is 22.4 Å². The second-order valence-corrected chi connectivity index (χ2v) is 11.6. The molecule has 2 amide bonds. The zero-order valence-electron chi connectivity index (χ0n) is 22.1. The molecule has 0 saturated heterocycles. The quantitative estimate of drug-likeness (QED) is 0.286. The maximum absolute atomic E-state index is 13.0. The second kappa shape index (κ2) is 12.6. The number of primary amides is 1. The van der Waals surface area contributed by atoms with Gasteiger partial charge in [-0.3, -0.25) is 9.59 Å². The number of rotatable bonds is 7. The molecule has 204 valence electrons. The van der Waals surface area contributed by atoms with Gasteiger partial charge in [0.05, 0.1) is 4.90 Å². The van der Waals surface area contributed by atoms with Crippen LogP contribution >= 0.6 is 0 Å². The number of hydrogen-bond donors (Lipinski definition) is 3. The molecule has 4 N–H and O–H groups in total. The van der Waals surface area contributed by atoms with Gasteiger partial charge in [-0.2, -0.15) is 0 Å². The van der Waals surface area contributed by atoms with Gasteiger partial charge in [0.15, 0.2) is 0 Å². The van der Waals surface area contributed by atoms with E-state index in [1.807, 2.05) is 6.07 Å². The van der Waals surface area contributed by atoms with Crippen molar-refractivity contribution in [3.05, 3.63) is 108 Å². The first kappa shape index (κ1) is 29.5. The Morgan fingerprint density at radius 3 is 2.03 bits per heavy atom. The number of halogens is 1. The van der Waals surface area contributed by atoms with E-state index >= 15 is 0 Å². The van der Waals surface area contributed by atoms with E-state index in [1.165, 1.54) is 12.1 Å². The second-order valence-electron chi connectivity index (χ2n) is 9.92. The number of anilines is 1. The Bertz CT molecular complexity index is 1550. The molecule has 0 aromatic heterocycles. The molecular weight excluding hydrogens is 517 g/mol. The highest BCUT2D eigenvalue weighted by Crippen LogP contribution is 2.29. The van der Waals surface area contributed by atoms with Crippen molar-refractivity contribution in [3.8, 4) is 0 Å². The number of fused-ring (bicyclic) bond motifs is 1. The van der Waals surface area contributed by atoms with Crippen LogP contribution in [0.1, 0.15) is 43.1 Å². The zero-order chi connectivity index (χ0) is 28.6. The standard InChI is InChI=1S/C23H25FN2O3S.C7H7NO/c1-23(2,3)26-30(28,29)21-9-5-6-18-19(21)7-4-8-20(18)25-22(27)15-12-16-10-13-17(24)14-11-16;8-7(9)6-4-2-1-3-5-6/h4-11,13-14,26H,12,15H2,1-3H3,(H,25,27);1-5H,(H2,8,9). The van der Waals surface area contributed by atoms with Crippen LogP contribution in [-0.2, 0) is 21.2 Å². The van der Waals surface area contributed by atoms with E-state index < -0.39 is 15.6 Å². The number of benzene rings is 4. The van der Waals surface area contributed by atoms with Crippen molar-refractivity contribution in [2.24, 2.45) is 5.73 Å². The van der Waals surface area contributed by atoms with Crippen LogP contribution in [0.15, 0.2) is 95.9 Å². The van der Waals surface area contributed by atoms with Gasteiger partial charge in [0.1, 0.15) is 5.82 Å². The van der Waals surface area contributed by atoms with E-state index in [2.05, 4.69) is 10.0 Å². The lowest BCUT2D eigenvalue weighted by Gasteiger charge is -2.21. The van der Waals surface area contributed by atoms with Gasteiger partial charge < -0.3 is 11.1 Å². The molecule has 0 unspecified atom stereocenters. The molecule has 4 aromatic rings. The van der Waals surface area contributed by atoms with Crippen LogP contribution in [0.25, 0.3) is 10.8 Å². The van der Waals surface area contributed by atoms with Crippen molar-refractivity contribution >= 4 is 38.3 Å². The third kappa shape index (κ3) is 8.73. The van der Waals surface area contributed by atoms with Gasteiger partial charge in [0.2, 0.25) is 21.8 Å². The summed E-state index contributed by atoms with van der Waals surface area (Å²) < 4.78 is 41.4. The van der Waals surface area contributed by atoms with Crippen LogP contribution in [0.4, 0.5) is 10.1 Å². The summed E-state index contributed by atoms with van der Waals surface area (Å²) in [6, 6.07) is 25.0. The summed E-state index contributed by atoms with van der Waals surface area (Å²) in [4.78, 5) is 23.0. The van der Waals surface area contributed by atoms with Crippen LogP contribution in [0.2, 0.25) is 0 Å². The van der Waals surface area contributed by atoms with Crippen molar-refractivity contribution in [2.45, 2.75) is 44.0 Å². The normalized spacial score (nSPS) is 11.4. The molecule has 0 aliphatic heterocycles. The lowest BCUT2D eigenvalue weighted by molar-refractivity contribution is -0.116. The van der Waals surface area contributed by atoms with Gasteiger partial charge in [0.25, 0.3) is 0 Å². The Kier molecular flexibility index (Phi) is 9.56. The number of amides is 2. The summed E-state index contributed by atoms with van der Waals surface area (Å²) in [6.07, 6.45) is 0.706. The highest BCUT2D eigenvalue weighted by molar-refractivity contribution is 7.89. The molecule has 0 aliphatic carbocycles. The van der Waals surface area contributed by atoms with Crippen molar-refractivity contribution in [1.82, 2.24) is 4.72 Å². The molecule has 9 heteroatoms. The van der Waals surface area contributed by atoms with Gasteiger partial charge >= 0.3 is 0 Å². The van der Waals surface area contributed by atoms with Crippen LogP contribution in [0, 0.1) is 5.82 Å². The minimum atomic E-state index is -3.73. The van der Waals surface area contributed by atoms with Gasteiger partial charge in [-0.05, 0) is 69.2 Å². The Morgan fingerprint density at radius 2 is 1.44 bits per heavy atom. The number of carbonyl (C=O) groups is 2. The first-order valence-corrected chi connectivity index (χ1v) is 13.8. The van der Waals surface area contributed by atoms with Gasteiger partial charge in [-0.15, -0.1) is 0 Å². The van der Waals surface area contributed by atoms with Gasteiger partial charge in [0, 0.05) is 34.0 Å². The number of carbonyl (C=O) groups excluding carboxylic acids is 2. The number of hydrogen-bond acceptors (Lipinski definition) is 4. The SMILES string of the molecule is CC(C)(C)NS(=O)(=O)c1cccc2c(NC(=O)CCc3ccc(F)cc3)cccc12.NC(=O)c1ccccc1. The van der Waals surface area contributed by atoms with E-state index in [4.69, 9.17) is 5.73 Å². The molecular formula is C30H32FN3O4S. The van der Waals surface area contributed by atoms with Gasteiger partial charge in [-0.1, -0.05) is 54.6 Å². The Balaban J connectivity index is 0.000000395. The third-order valence-corrected chi connectivity index (χ3v) is 7.31. The summed E-state index contributed by atoms with van der Waals surface area (Å²) in [5.74, 6) is -0.894. The molecule has 0 spiro atoms. The maximum atomic E-state index is 13.0. The Morgan fingerprint density at radius 1 is 0.821 bits per heavy atom. The maximum Gasteiger partial charge on any atom is 0.248 e. The van der Waals surface area contributed by atoms with Crippen LogP contribution in [-0.4, -0.2) is 25.8 Å². The summed E-state index contributed by atoms with van der Waals surface area (Å²) in [5, 5.41) is 4.04. The molecule has 0 heterocycles. The number of nitrogens with two attached hydrogens (primary N) is 1. The molecule has 0 atom stereocenters. The minimum Gasteiger partial charge on any atom is -0.366 e. The fourth-order valence-corrected chi connectivity index (χ4v) is 5.45. The van der Waals surface area contributed by atoms with E-state index in [0.717, 1.165) is 5.56 Å². The van der Waals surface area contributed by atoms with Crippen LogP contribution in [0.5, 0.6) is 0 Å². The Labute approximate surface area is 228 Å². The highest BCUT2D eigenvalue weighted by atomic mass is 32.2. The Hall–Kier alpha value is -4.08. The molecule has 0 aliphatic rings. The first-order chi connectivity index (χ1) is 18.4. The van der Waals surface area contributed by atoms with E-state index in [0.29, 0.717) is 28.4 Å². The smallest absolute Gasteiger partial charge is 0.248 e. The molecule has 4 aromatic carbocycles. The van der Waals surface area contributed by atoms with Gasteiger partial charge in [-0.25, -0.2) is 17.5 Å². The summed E-state index contributed by atoms with van der Waals surface area (Å²) in [7, 11) is -3.73. The molecule has 0 fully saturated rings. The molecule has 4 rings (SSSR count). The van der Waals surface area contributed by atoms with E-state index in [9.17, 15) is 22.4 Å². The fraction of sp³-hybridized carbons (Fsp3) is 0.200. The third-order valence-electron chi connectivity index (χ3n) is 5.50. The zero-order valence-corrected chi connectivity index (χ0v) is 22.9. The predicted molar refractivity (Wildman–Crippen MR) is 152 cm³/mol. The summed E-state index contributed by atoms with van der Waals surface area (Å²) in [6.45, 7) is 5.34. The number of sulfonamides is 1. The predicted octanol–water partition coefficient (Wildman–Crippen LogP) is 5.41. The molecule has 0 bridgehead atoms. The average molecular weight is 550 g/mol. The topological polar surface area (TPSA) is 118 Å². The highest BCUT2D eigenvalue weighted by Gasteiger charge is 2.24. The monoisotopic (exact) mass is 549 g/mol. The van der Waals surface area contributed by atoms with E-state index in [1.54, 1.807) is 93.6 Å². The van der Waals surface area contributed by atoms with Crippen molar-refractivity contribution in [2.75, 3.05) is 5.32 Å². The van der Waals surface area contributed by atoms with Crippen molar-refractivity contribution in [1.29, 1.82) is 0 Å². The lowest BCUT2D eigenvalue weighted by Crippen LogP contribution is -2.40. The summed E-state index contributed by atoms with van der Waals surface area (Å²) in [5.41, 5.74) is 6.32. The molecule has 7 nitrogen and oxygen atoms in total. The minimum absolute atomic E-state index is 0.164. The number of aryl methyl sites for hydroxylation is 1. The van der Waals surface area contributed by atoms with E-state index in [-0.39, 0.29) is 28.9 Å². The van der Waals surface area contributed by atoms with Crippen molar-refractivity contribution in [3.63, 3.8) is 0 Å². The lowest BCUT2D eigenvalue weighted by atomic mass is 10.1.